The van der Waals surface area contributed by atoms with E-state index in [1.165, 1.54) is 23.3 Å². The van der Waals surface area contributed by atoms with Gasteiger partial charge in [0.2, 0.25) is 5.13 Å². The lowest BCUT2D eigenvalue weighted by atomic mass is 10.1. The maximum atomic E-state index is 12.1. The Balaban J connectivity index is 1.55. The van der Waals surface area contributed by atoms with Crippen LogP contribution in [-0.4, -0.2) is 46.8 Å². The zero-order valence-corrected chi connectivity index (χ0v) is 14.6. The van der Waals surface area contributed by atoms with Crippen molar-refractivity contribution in [2.24, 2.45) is 0 Å². The Kier molecular flexibility index (Phi) is 5.90. The molecule has 2 heterocycles. The number of nitrogens with zero attached hydrogens (tertiary/aromatic N) is 3. The Labute approximate surface area is 145 Å². The first-order chi connectivity index (χ1) is 11.7. The number of likely N-dealkylation sites (N-methyl/N-ethyl adjacent to an activating group) is 1. The molecule has 1 aromatic carbocycles. The largest absolute Gasteiger partial charge is 0.377 e. The molecule has 1 fully saturated rings. The highest BCUT2D eigenvalue weighted by molar-refractivity contribution is 7.13. The van der Waals surface area contributed by atoms with Crippen LogP contribution >= 0.6 is 11.3 Å². The fraction of sp³-hybridized carbons (Fsp3) is 0.471. The summed E-state index contributed by atoms with van der Waals surface area (Å²) in [5.41, 5.74) is 3.41. The summed E-state index contributed by atoms with van der Waals surface area (Å²) in [7, 11) is 0. The number of aromatic nitrogens is 2. The number of hydrogen-bond donors (Lipinski definition) is 1. The van der Waals surface area contributed by atoms with E-state index in [4.69, 9.17) is 4.74 Å². The molecule has 1 aromatic heterocycles. The molecule has 1 amide bonds. The predicted molar refractivity (Wildman–Crippen MR) is 94.2 cm³/mol. The van der Waals surface area contributed by atoms with Gasteiger partial charge in [0.1, 0.15) is 5.51 Å². The van der Waals surface area contributed by atoms with Crippen LogP contribution in [0.4, 0.5) is 5.13 Å². The number of nitrogens with one attached hydrogen (secondary N) is 1. The van der Waals surface area contributed by atoms with E-state index in [1.54, 1.807) is 5.51 Å². The van der Waals surface area contributed by atoms with Crippen LogP contribution in [0.5, 0.6) is 0 Å². The van der Waals surface area contributed by atoms with Crippen molar-refractivity contribution in [1.82, 2.24) is 15.1 Å². The minimum Gasteiger partial charge on any atom is -0.377 e. The number of ether oxygens (including phenoxy) is 1. The van der Waals surface area contributed by atoms with E-state index in [0.717, 1.165) is 32.7 Å². The molecule has 7 heteroatoms. The third-order valence-electron chi connectivity index (χ3n) is 4.14. The summed E-state index contributed by atoms with van der Waals surface area (Å²) in [5.74, 6) is -0.162. The molecular formula is C17H22N4O2S. The van der Waals surface area contributed by atoms with Crippen molar-refractivity contribution in [3.63, 3.8) is 0 Å². The minimum atomic E-state index is -0.162. The van der Waals surface area contributed by atoms with Crippen molar-refractivity contribution in [2.75, 3.05) is 25.0 Å². The van der Waals surface area contributed by atoms with Gasteiger partial charge in [0.25, 0.3) is 5.91 Å². The molecule has 3 rings (SSSR count). The third-order valence-corrected chi connectivity index (χ3v) is 4.74. The van der Waals surface area contributed by atoms with Crippen molar-refractivity contribution in [2.45, 2.75) is 32.4 Å². The maximum absolute atomic E-state index is 12.1. The Morgan fingerprint density at radius 2 is 2.25 bits per heavy atom. The van der Waals surface area contributed by atoms with Crippen LogP contribution in [0.25, 0.3) is 0 Å². The maximum Gasteiger partial charge on any atom is 0.257 e. The van der Waals surface area contributed by atoms with Crippen LogP contribution in [0, 0.1) is 0 Å². The fourth-order valence-electron chi connectivity index (χ4n) is 2.80. The Bertz CT molecular complexity index is 639. The summed E-state index contributed by atoms with van der Waals surface area (Å²) >= 11 is 1.30. The topological polar surface area (TPSA) is 67.4 Å². The van der Waals surface area contributed by atoms with E-state index in [2.05, 4.69) is 27.3 Å². The molecule has 1 saturated heterocycles. The van der Waals surface area contributed by atoms with Gasteiger partial charge in [-0.3, -0.25) is 15.0 Å². The summed E-state index contributed by atoms with van der Waals surface area (Å²) in [6.45, 7) is 5.88. The third kappa shape index (κ3) is 4.59. The predicted octanol–water partition coefficient (Wildman–Crippen LogP) is 2.79. The van der Waals surface area contributed by atoms with Gasteiger partial charge in [-0.15, -0.1) is 10.2 Å². The van der Waals surface area contributed by atoms with Gasteiger partial charge in [-0.05, 0) is 37.1 Å². The molecule has 1 N–H and O–H groups in total. The molecule has 2 aromatic rings. The number of rotatable bonds is 7. The summed E-state index contributed by atoms with van der Waals surface area (Å²) in [5, 5.41) is 10.8. The first-order valence-corrected chi connectivity index (χ1v) is 9.13. The Morgan fingerprint density at radius 3 is 2.88 bits per heavy atom. The van der Waals surface area contributed by atoms with Crippen LogP contribution in [0.15, 0.2) is 29.8 Å². The lowest BCUT2D eigenvalue weighted by molar-refractivity contribution is 0.0725. The van der Waals surface area contributed by atoms with E-state index < -0.39 is 0 Å². The molecule has 1 aliphatic rings. The number of hydrogen-bond acceptors (Lipinski definition) is 6. The molecule has 0 radical (unpaired) electrons. The van der Waals surface area contributed by atoms with Crippen molar-refractivity contribution in [3.05, 3.63) is 40.9 Å². The van der Waals surface area contributed by atoms with Gasteiger partial charge in [0, 0.05) is 25.3 Å². The summed E-state index contributed by atoms with van der Waals surface area (Å²) < 4.78 is 5.72. The molecule has 1 aliphatic heterocycles. The van der Waals surface area contributed by atoms with E-state index in [9.17, 15) is 4.79 Å². The average Bonchev–Trinajstić information content (AvgIpc) is 3.28. The van der Waals surface area contributed by atoms with Crippen molar-refractivity contribution >= 4 is 22.4 Å². The molecule has 6 nitrogen and oxygen atoms in total. The second kappa shape index (κ2) is 8.32. The first kappa shape index (κ1) is 17.0. The van der Waals surface area contributed by atoms with Gasteiger partial charge in [-0.2, -0.15) is 0 Å². The molecule has 1 unspecified atom stereocenters. The number of carbonyl (C=O) groups excluding carboxylic acids is 1. The van der Waals surface area contributed by atoms with Gasteiger partial charge in [0.15, 0.2) is 0 Å². The van der Waals surface area contributed by atoms with E-state index in [1.807, 2.05) is 24.3 Å². The number of carbonyl (C=O) groups is 1. The summed E-state index contributed by atoms with van der Waals surface area (Å²) in [4.78, 5) is 14.5. The molecule has 0 bridgehead atoms. The van der Waals surface area contributed by atoms with Crippen LogP contribution in [0.2, 0.25) is 0 Å². The van der Waals surface area contributed by atoms with Crippen LogP contribution in [0.3, 0.4) is 0 Å². The van der Waals surface area contributed by atoms with Gasteiger partial charge >= 0.3 is 0 Å². The SMILES string of the molecule is CCN(Cc1ccc(C(=O)Nc2nncs2)cc1)CC1CCCO1. The van der Waals surface area contributed by atoms with Gasteiger partial charge in [-0.1, -0.05) is 30.4 Å². The van der Waals surface area contributed by atoms with Crippen LogP contribution in [-0.2, 0) is 11.3 Å². The second-order valence-electron chi connectivity index (χ2n) is 5.86. The molecule has 24 heavy (non-hydrogen) atoms. The molecule has 1 atom stereocenters. The number of amides is 1. The van der Waals surface area contributed by atoms with Gasteiger partial charge < -0.3 is 4.74 Å². The zero-order chi connectivity index (χ0) is 16.8. The second-order valence-corrected chi connectivity index (χ2v) is 6.69. The molecule has 128 valence electrons. The monoisotopic (exact) mass is 346 g/mol. The summed E-state index contributed by atoms with van der Waals surface area (Å²) in [6.07, 6.45) is 2.68. The van der Waals surface area contributed by atoms with Crippen molar-refractivity contribution in [3.8, 4) is 0 Å². The quantitative estimate of drug-likeness (QED) is 0.835. The standard InChI is InChI=1S/C17H22N4O2S/c1-2-21(11-15-4-3-9-23-15)10-13-5-7-14(8-6-13)16(22)19-17-20-18-12-24-17/h5-8,12,15H,2-4,9-11H2,1H3,(H,19,20,22). The molecule has 0 aliphatic carbocycles. The fourth-order valence-corrected chi connectivity index (χ4v) is 3.24. The molecular weight excluding hydrogens is 324 g/mol. The van der Waals surface area contributed by atoms with Crippen LogP contribution < -0.4 is 5.32 Å². The van der Waals surface area contributed by atoms with Crippen LogP contribution in [0.1, 0.15) is 35.7 Å². The van der Waals surface area contributed by atoms with Gasteiger partial charge in [0.05, 0.1) is 6.10 Å². The van der Waals surface area contributed by atoms with E-state index in [0.29, 0.717) is 16.8 Å². The molecule has 0 saturated carbocycles. The highest BCUT2D eigenvalue weighted by atomic mass is 32.1. The number of benzene rings is 1. The Morgan fingerprint density at radius 1 is 1.42 bits per heavy atom. The normalized spacial score (nSPS) is 17.3. The highest BCUT2D eigenvalue weighted by Gasteiger charge is 2.18. The first-order valence-electron chi connectivity index (χ1n) is 8.25. The van der Waals surface area contributed by atoms with E-state index >= 15 is 0 Å². The lowest BCUT2D eigenvalue weighted by Gasteiger charge is -2.23. The van der Waals surface area contributed by atoms with E-state index in [-0.39, 0.29) is 5.91 Å². The smallest absolute Gasteiger partial charge is 0.257 e. The molecule has 0 spiro atoms. The highest BCUT2D eigenvalue weighted by Crippen LogP contribution is 2.16. The minimum absolute atomic E-state index is 0.162. The van der Waals surface area contributed by atoms with Crippen molar-refractivity contribution < 1.29 is 9.53 Å². The summed E-state index contributed by atoms with van der Waals surface area (Å²) in [6, 6.07) is 7.72. The van der Waals surface area contributed by atoms with Gasteiger partial charge in [-0.25, -0.2) is 0 Å². The zero-order valence-electron chi connectivity index (χ0n) is 13.8. The Hall–Kier alpha value is -1.83. The number of anilines is 1. The van der Waals surface area contributed by atoms with Crippen molar-refractivity contribution in [1.29, 1.82) is 0 Å². The lowest BCUT2D eigenvalue weighted by Crippen LogP contribution is -2.31. The average molecular weight is 346 g/mol.